The van der Waals surface area contributed by atoms with E-state index in [9.17, 15) is 4.79 Å². The van der Waals surface area contributed by atoms with Gasteiger partial charge in [0.2, 0.25) is 0 Å². The first-order chi connectivity index (χ1) is 8.06. The number of halogens is 1. The standard InChI is InChI=1S/C11H10ClN3O2/c1-6-4-7(12)2-3-8(6)14-10(16)9-5-17-11(13)15-9/h2-5H,1H3,(H2,13,15)(H,14,16). The zero-order valence-corrected chi connectivity index (χ0v) is 9.78. The smallest absolute Gasteiger partial charge is 0.292 e. The van der Waals surface area contributed by atoms with Gasteiger partial charge in [0.15, 0.2) is 5.69 Å². The maximum atomic E-state index is 11.7. The van der Waals surface area contributed by atoms with E-state index in [1.54, 1.807) is 18.2 Å². The third-order valence-corrected chi connectivity index (χ3v) is 2.43. The summed E-state index contributed by atoms with van der Waals surface area (Å²) in [5, 5.41) is 3.31. The number of nitrogens with zero attached hydrogens (tertiary/aromatic N) is 1. The van der Waals surface area contributed by atoms with Crippen LogP contribution in [0.3, 0.4) is 0 Å². The lowest BCUT2D eigenvalue weighted by molar-refractivity contribution is 0.102. The molecule has 0 unspecified atom stereocenters. The Balaban J connectivity index is 2.18. The SMILES string of the molecule is Cc1cc(Cl)ccc1NC(=O)c1coc(N)n1. The van der Waals surface area contributed by atoms with Gasteiger partial charge in [0, 0.05) is 10.7 Å². The second-order valence-corrected chi connectivity index (χ2v) is 3.92. The third kappa shape index (κ3) is 2.57. The first kappa shape index (κ1) is 11.5. The largest absolute Gasteiger partial charge is 0.431 e. The fourth-order valence-electron chi connectivity index (χ4n) is 1.35. The number of aromatic nitrogens is 1. The van der Waals surface area contributed by atoms with E-state index in [0.29, 0.717) is 10.7 Å². The highest BCUT2D eigenvalue weighted by molar-refractivity contribution is 6.30. The summed E-state index contributed by atoms with van der Waals surface area (Å²) in [6, 6.07) is 5.14. The summed E-state index contributed by atoms with van der Waals surface area (Å²) in [5.41, 5.74) is 6.95. The molecule has 0 saturated heterocycles. The predicted octanol–water partition coefficient (Wildman–Crippen LogP) is 2.47. The zero-order chi connectivity index (χ0) is 12.4. The zero-order valence-electron chi connectivity index (χ0n) is 9.03. The summed E-state index contributed by atoms with van der Waals surface area (Å²) in [7, 11) is 0. The van der Waals surface area contributed by atoms with E-state index in [2.05, 4.69) is 10.3 Å². The van der Waals surface area contributed by atoms with E-state index in [0.717, 1.165) is 5.56 Å². The molecule has 1 aromatic carbocycles. The number of nitrogens with one attached hydrogen (secondary N) is 1. The van der Waals surface area contributed by atoms with E-state index < -0.39 is 0 Å². The molecular weight excluding hydrogens is 242 g/mol. The van der Waals surface area contributed by atoms with E-state index >= 15 is 0 Å². The highest BCUT2D eigenvalue weighted by Crippen LogP contribution is 2.20. The number of nitrogens with two attached hydrogens (primary N) is 1. The molecule has 3 N–H and O–H groups in total. The van der Waals surface area contributed by atoms with Crippen LogP contribution in [0.25, 0.3) is 0 Å². The van der Waals surface area contributed by atoms with Crippen molar-refractivity contribution in [2.24, 2.45) is 0 Å². The van der Waals surface area contributed by atoms with Gasteiger partial charge in [-0.3, -0.25) is 4.79 Å². The van der Waals surface area contributed by atoms with Crippen molar-refractivity contribution in [3.8, 4) is 0 Å². The Labute approximate surface area is 103 Å². The molecule has 0 spiro atoms. The number of oxazole rings is 1. The van der Waals surface area contributed by atoms with Crippen LogP contribution in [0.1, 0.15) is 16.1 Å². The number of aryl methyl sites for hydroxylation is 1. The number of benzene rings is 1. The maximum absolute atomic E-state index is 11.7. The van der Waals surface area contributed by atoms with E-state index in [4.69, 9.17) is 21.8 Å². The number of nitrogen functional groups attached to an aromatic ring is 1. The number of carbonyl (C=O) groups excluding carboxylic acids is 1. The summed E-state index contributed by atoms with van der Waals surface area (Å²) in [6.45, 7) is 1.85. The van der Waals surface area contributed by atoms with Gasteiger partial charge in [0.1, 0.15) is 6.26 Å². The summed E-state index contributed by atoms with van der Waals surface area (Å²) >= 11 is 5.82. The van der Waals surface area contributed by atoms with Crippen LogP contribution in [0.2, 0.25) is 5.02 Å². The number of anilines is 2. The molecular formula is C11H10ClN3O2. The molecule has 0 aliphatic heterocycles. The molecule has 0 saturated carbocycles. The fraction of sp³-hybridized carbons (Fsp3) is 0.0909. The Kier molecular flexibility index (Phi) is 3.01. The van der Waals surface area contributed by atoms with E-state index in [1.165, 1.54) is 6.26 Å². The molecule has 5 nitrogen and oxygen atoms in total. The summed E-state index contributed by atoms with van der Waals surface area (Å²) in [5.74, 6) is -0.379. The average molecular weight is 252 g/mol. The van der Waals surface area contributed by atoms with Crippen molar-refractivity contribution < 1.29 is 9.21 Å². The Morgan fingerprint density at radius 3 is 2.88 bits per heavy atom. The molecule has 0 aliphatic carbocycles. The van der Waals surface area contributed by atoms with Crippen LogP contribution in [-0.4, -0.2) is 10.9 Å². The van der Waals surface area contributed by atoms with Gasteiger partial charge in [0.25, 0.3) is 11.9 Å². The molecule has 1 heterocycles. The maximum Gasteiger partial charge on any atom is 0.292 e. The van der Waals surface area contributed by atoms with Crippen LogP contribution in [0.4, 0.5) is 11.7 Å². The Morgan fingerprint density at radius 2 is 2.29 bits per heavy atom. The number of carbonyl (C=O) groups is 1. The highest BCUT2D eigenvalue weighted by Gasteiger charge is 2.12. The van der Waals surface area contributed by atoms with Gasteiger partial charge in [-0.25, -0.2) is 0 Å². The molecule has 0 fully saturated rings. The first-order valence-corrected chi connectivity index (χ1v) is 5.22. The lowest BCUT2D eigenvalue weighted by Gasteiger charge is -2.06. The topological polar surface area (TPSA) is 81.2 Å². The molecule has 88 valence electrons. The van der Waals surface area contributed by atoms with Gasteiger partial charge in [-0.1, -0.05) is 11.6 Å². The number of amides is 1. The van der Waals surface area contributed by atoms with Gasteiger partial charge < -0.3 is 15.5 Å². The van der Waals surface area contributed by atoms with Crippen LogP contribution in [0.5, 0.6) is 0 Å². The predicted molar refractivity (Wildman–Crippen MR) is 65.1 cm³/mol. The summed E-state index contributed by atoms with van der Waals surface area (Å²) in [4.78, 5) is 15.5. The second-order valence-electron chi connectivity index (χ2n) is 3.48. The number of rotatable bonds is 2. The quantitative estimate of drug-likeness (QED) is 0.859. The molecule has 2 rings (SSSR count). The van der Waals surface area contributed by atoms with Crippen LogP contribution < -0.4 is 11.1 Å². The minimum atomic E-state index is -0.379. The van der Waals surface area contributed by atoms with Gasteiger partial charge >= 0.3 is 0 Å². The van der Waals surface area contributed by atoms with Crippen molar-refractivity contribution in [2.75, 3.05) is 11.1 Å². The van der Waals surface area contributed by atoms with Crippen molar-refractivity contribution in [3.05, 3.63) is 40.7 Å². The normalized spacial score (nSPS) is 10.2. The van der Waals surface area contributed by atoms with Crippen molar-refractivity contribution >= 4 is 29.2 Å². The van der Waals surface area contributed by atoms with Gasteiger partial charge in [-0.15, -0.1) is 0 Å². The number of hydrogen-bond donors (Lipinski definition) is 2. The molecule has 1 aromatic heterocycles. The van der Waals surface area contributed by atoms with E-state index in [1.807, 2.05) is 6.92 Å². The van der Waals surface area contributed by atoms with Crippen LogP contribution in [-0.2, 0) is 0 Å². The molecule has 0 atom stereocenters. The summed E-state index contributed by atoms with van der Waals surface area (Å²) < 4.78 is 4.76. The molecule has 1 amide bonds. The lowest BCUT2D eigenvalue weighted by atomic mass is 10.2. The van der Waals surface area contributed by atoms with Gasteiger partial charge in [-0.05, 0) is 30.7 Å². The summed E-state index contributed by atoms with van der Waals surface area (Å²) in [6.07, 6.45) is 1.20. The highest BCUT2D eigenvalue weighted by atomic mass is 35.5. The number of hydrogen-bond acceptors (Lipinski definition) is 4. The fourth-order valence-corrected chi connectivity index (χ4v) is 1.57. The second kappa shape index (κ2) is 4.47. The molecule has 17 heavy (non-hydrogen) atoms. The Hall–Kier alpha value is -2.01. The Morgan fingerprint density at radius 1 is 1.53 bits per heavy atom. The first-order valence-electron chi connectivity index (χ1n) is 4.85. The lowest BCUT2D eigenvalue weighted by Crippen LogP contribution is -2.13. The van der Waals surface area contributed by atoms with Crippen molar-refractivity contribution in [1.82, 2.24) is 4.98 Å². The molecule has 2 aromatic rings. The minimum absolute atomic E-state index is 0.0389. The Bertz CT molecular complexity index is 566. The van der Waals surface area contributed by atoms with Crippen LogP contribution >= 0.6 is 11.6 Å². The molecule has 0 aliphatic rings. The average Bonchev–Trinajstić information content (AvgIpc) is 2.69. The third-order valence-electron chi connectivity index (χ3n) is 2.19. The molecule has 0 bridgehead atoms. The minimum Gasteiger partial charge on any atom is -0.431 e. The molecule has 6 heteroatoms. The van der Waals surface area contributed by atoms with E-state index in [-0.39, 0.29) is 17.6 Å². The monoisotopic (exact) mass is 251 g/mol. The van der Waals surface area contributed by atoms with Gasteiger partial charge in [0.05, 0.1) is 0 Å². The van der Waals surface area contributed by atoms with Crippen molar-refractivity contribution in [3.63, 3.8) is 0 Å². The molecule has 0 radical (unpaired) electrons. The van der Waals surface area contributed by atoms with Crippen molar-refractivity contribution in [1.29, 1.82) is 0 Å². The van der Waals surface area contributed by atoms with Crippen LogP contribution in [0.15, 0.2) is 28.9 Å². The van der Waals surface area contributed by atoms with Crippen molar-refractivity contribution in [2.45, 2.75) is 6.92 Å². The van der Waals surface area contributed by atoms with Gasteiger partial charge in [-0.2, -0.15) is 4.98 Å². The van der Waals surface area contributed by atoms with Crippen LogP contribution in [0, 0.1) is 6.92 Å².